The minimum atomic E-state index is -0.582. The molecule has 8 heteroatoms. The lowest BCUT2D eigenvalue weighted by Gasteiger charge is -2.09. The molecule has 1 heterocycles. The summed E-state index contributed by atoms with van der Waals surface area (Å²) in [4.78, 5) is 22.2. The van der Waals surface area contributed by atoms with Crippen LogP contribution in [0, 0.1) is 22.9 Å². The first-order chi connectivity index (χ1) is 9.79. The highest BCUT2D eigenvalue weighted by atomic mass is 79.9. The number of nitrogens with zero attached hydrogens (tertiary/aromatic N) is 2. The van der Waals surface area contributed by atoms with E-state index in [1.54, 1.807) is 13.0 Å². The first kappa shape index (κ1) is 15.2. The molecule has 0 bridgehead atoms. The van der Waals surface area contributed by atoms with Gasteiger partial charge in [0, 0.05) is 18.8 Å². The zero-order chi connectivity index (χ0) is 15.7. The first-order valence-corrected chi connectivity index (χ1v) is 6.66. The van der Waals surface area contributed by atoms with E-state index in [0.29, 0.717) is 15.7 Å². The van der Waals surface area contributed by atoms with Crippen LogP contribution >= 0.6 is 15.9 Å². The van der Waals surface area contributed by atoms with Crippen molar-refractivity contribution in [3.63, 3.8) is 0 Å². The third-order valence-electron chi connectivity index (χ3n) is 2.95. The van der Waals surface area contributed by atoms with Gasteiger partial charge >= 0.3 is 0 Å². The Bertz CT molecular complexity index is 743. The van der Waals surface area contributed by atoms with Gasteiger partial charge in [0.25, 0.3) is 11.6 Å². The predicted octanol–water partition coefficient (Wildman–Crippen LogP) is 3.40. The lowest BCUT2D eigenvalue weighted by Crippen LogP contribution is -2.16. The predicted molar refractivity (Wildman–Crippen MR) is 78.9 cm³/mol. The fraction of sp³-hybridized carbons (Fsp3) is 0.154. The number of aromatic nitrogens is 1. The maximum absolute atomic E-state index is 13.5. The van der Waals surface area contributed by atoms with Crippen LogP contribution < -0.4 is 5.32 Å². The van der Waals surface area contributed by atoms with Crippen LogP contribution in [0.1, 0.15) is 16.1 Å². The molecule has 1 N–H and O–H groups in total. The third kappa shape index (κ3) is 3.10. The highest BCUT2D eigenvalue weighted by Gasteiger charge is 2.18. The molecular weight excluding hydrogens is 345 g/mol. The van der Waals surface area contributed by atoms with Crippen LogP contribution in [0.4, 0.5) is 15.8 Å². The van der Waals surface area contributed by atoms with Crippen molar-refractivity contribution in [3.05, 3.63) is 56.1 Å². The maximum Gasteiger partial charge on any atom is 0.287 e. The van der Waals surface area contributed by atoms with E-state index in [2.05, 4.69) is 21.2 Å². The summed E-state index contributed by atoms with van der Waals surface area (Å²) in [5, 5.41) is 13.2. The van der Waals surface area contributed by atoms with Crippen LogP contribution in [0.3, 0.4) is 0 Å². The van der Waals surface area contributed by atoms with Crippen LogP contribution in [-0.4, -0.2) is 15.4 Å². The largest absolute Gasteiger partial charge is 0.340 e. The van der Waals surface area contributed by atoms with Gasteiger partial charge in [0.15, 0.2) is 0 Å². The molecule has 1 aromatic carbocycles. The summed E-state index contributed by atoms with van der Waals surface area (Å²) in [6, 6.07) is 3.90. The minimum Gasteiger partial charge on any atom is -0.340 e. The van der Waals surface area contributed by atoms with E-state index in [1.807, 2.05) is 0 Å². The maximum atomic E-state index is 13.5. The molecule has 0 radical (unpaired) electrons. The van der Waals surface area contributed by atoms with Crippen LogP contribution in [0.2, 0.25) is 0 Å². The number of carbonyl (C=O) groups excluding carboxylic acids is 1. The smallest absolute Gasteiger partial charge is 0.287 e. The summed E-state index contributed by atoms with van der Waals surface area (Å²) in [5.41, 5.74) is 0.913. The Hall–Kier alpha value is -2.22. The Morgan fingerprint density at radius 2 is 2.10 bits per heavy atom. The quantitative estimate of drug-likeness (QED) is 0.676. The summed E-state index contributed by atoms with van der Waals surface area (Å²) < 4.78 is 15.2. The van der Waals surface area contributed by atoms with E-state index in [9.17, 15) is 19.3 Å². The Morgan fingerprint density at radius 3 is 2.67 bits per heavy atom. The summed E-state index contributed by atoms with van der Waals surface area (Å²) in [6.07, 6.45) is 1.24. The molecule has 2 rings (SSSR count). The Labute approximate surface area is 127 Å². The van der Waals surface area contributed by atoms with Gasteiger partial charge in [-0.1, -0.05) is 0 Å². The number of carbonyl (C=O) groups is 1. The van der Waals surface area contributed by atoms with Crippen molar-refractivity contribution in [1.29, 1.82) is 0 Å². The molecule has 0 atom stereocenters. The molecule has 1 amide bonds. The van der Waals surface area contributed by atoms with Crippen LogP contribution in [-0.2, 0) is 7.05 Å². The second-order valence-corrected chi connectivity index (χ2v) is 5.34. The monoisotopic (exact) mass is 355 g/mol. The zero-order valence-corrected chi connectivity index (χ0v) is 12.8. The number of rotatable bonds is 3. The van der Waals surface area contributed by atoms with Crippen molar-refractivity contribution in [2.45, 2.75) is 6.92 Å². The van der Waals surface area contributed by atoms with Crippen molar-refractivity contribution >= 4 is 33.2 Å². The lowest BCUT2D eigenvalue weighted by atomic mass is 10.2. The topological polar surface area (TPSA) is 77.2 Å². The van der Waals surface area contributed by atoms with Gasteiger partial charge in [-0.15, -0.1) is 0 Å². The number of aryl methyl sites for hydroxylation is 2. The van der Waals surface area contributed by atoms with Crippen LogP contribution in [0.5, 0.6) is 0 Å². The number of hydrogen-bond acceptors (Lipinski definition) is 3. The SMILES string of the molecule is Cc1cc(Br)c(F)cc1NC(=O)c1cc([N+](=O)[O-])cn1C. The van der Waals surface area contributed by atoms with Crippen LogP contribution in [0.25, 0.3) is 0 Å². The highest BCUT2D eigenvalue weighted by molar-refractivity contribution is 9.10. The first-order valence-electron chi connectivity index (χ1n) is 5.87. The Morgan fingerprint density at radius 1 is 1.43 bits per heavy atom. The standard InChI is InChI=1S/C13H11BrFN3O3/c1-7-3-9(14)10(15)5-11(7)16-13(19)12-4-8(18(20)21)6-17(12)2/h3-6H,1-2H3,(H,16,19). The van der Waals surface area contributed by atoms with E-state index in [0.717, 1.165) is 0 Å². The molecule has 1 aromatic heterocycles. The lowest BCUT2D eigenvalue weighted by molar-refractivity contribution is -0.384. The number of nitro groups is 1. The second kappa shape index (κ2) is 5.65. The average Bonchev–Trinajstić information content (AvgIpc) is 2.78. The van der Waals surface area contributed by atoms with Gasteiger partial charge < -0.3 is 9.88 Å². The summed E-state index contributed by atoms with van der Waals surface area (Å²) in [6.45, 7) is 1.72. The normalized spacial score (nSPS) is 10.5. The molecular formula is C13H11BrFN3O3. The number of nitrogens with one attached hydrogen (secondary N) is 1. The molecule has 0 aliphatic heterocycles. The van der Waals surface area contributed by atoms with Crippen molar-refractivity contribution < 1.29 is 14.1 Å². The molecule has 0 aliphatic rings. The summed E-state index contributed by atoms with van der Waals surface area (Å²) in [7, 11) is 1.52. The molecule has 0 unspecified atom stereocenters. The van der Waals surface area contributed by atoms with Gasteiger partial charge in [-0.3, -0.25) is 14.9 Å². The fourth-order valence-corrected chi connectivity index (χ4v) is 2.30. The number of amides is 1. The van der Waals surface area contributed by atoms with Gasteiger partial charge in [-0.25, -0.2) is 4.39 Å². The van der Waals surface area contributed by atoms with Gasteiger partial charge in [-0.2, -0.15) is 0 Å². The molecule has 6 nitrogen and oxygen atoms in total. The Balaban J connectivity index is 2.30. The van der Waals surface area contributed by atoms with Crippen LogP contribution in [0.15, 0.2) is 28.9 Å². The second-order valence-electron chi connectivity index (χ2n) is 4.49. The molecule has 21 heavy (non-hydrogen) atoms. The minimum absolute atomic E-state index is 0.115. The van der Waals surface area contributed by atoms with Crippen molar-refractivity contribution in [2.75, 3.05) is 5.32 Å². The summed E-state index contributed by atoms with van der Waals surface area (Å²) >= 11 is 3.06. The molecule has 0 saturated heterocycles. The highest BCUT2D eigenvalue weighted by Crippen LogP contribution is 2.25. The Kier molecular flexibility index (Phi) is 4.08. The van der Waals surface area contributed by atoms with Gasteiger partial charge in [0.1, 0.15) is 11.5 Å². The molecule has 110 valence electrons. The van der Waals surface area contributed by atoms with E-state index in [-0.39, 0.29) is 11.4 Å². The molecule has 0 fully saturated rings. The van der Waals surface area contributed by atoms with Crippen molar-refractivity contribution in [2.24, 2.45) is 7.05 Å². The molecule has 0 spiro atoms. The van der Waals surface area contributed by atoms with E-state index >= 15 is 0 Å². The number of anilines is 1. The molecule has 0 aliphatic carbocycles. The fourth-order valence-electron chi connectivity index (χ4n) is 1.84. The molecule has 0 saturated carbocycles. The van der Waals surface area contributed by atoms with Crippen molar-refractivity contribution in [3.8, 4) is 0 Å². The average molecular weight is 356 g/mol. The molecule has 2 aromatic rings. The van der Waals surface area contributed by atoms with E-state index in [4.69, 9.17) is 0 Å². The van der Waals surface area contributed by atoms with Gasteiger partial charge in [0.05, 0.1) is 15.6 Å². The van der Waals surface area contributed by atoms with E-state index in [1.165, 1.54) is 29.9 Å². The zero-order valence-electron chi connectivity index (χ0n) is 11.2. The third-order valence-corrected chi connectivity index (χ3v) is 3.56. The van der Waals surface area contributed by atoms with Gasteiger partial charge in [-0.05, 0) is 40.5 Å². The van der Waals surface area contributed by atoms with E-state index < -0.39 is 16.6 Å². The van der Waals surface area contributed by atoms with Crippen molar-refractivity contribution in [1.82, 2.24) is 4.57 Å². The van der Waals surface area contributed by atoms with Gasteiger partial charge in [0.2, 0.25) is 0 Å². The number of benzene rings is 1. The number of hydrogen-bond donors (Lipinski definition) is 1. The summed E-state index contributed by atoms with van der Waals surface area (Å²) in [5.74, 6) is -1.05. The number of halogens is 2.